The lowest BCUT2D eigenvalue weighted by Gasteiger charge is -2.20. The Morgan fingerprint density at radius 3 is 1.62 bits per heavy atom. The first-order valence-electron chi connectivity index (χ1n) is 17.3. The van der Waals surface area contributed by atoms with Gasteiger partial charge in [-0.05, 0) is 88.2 Å². The van der Waals surface area contributed by atoms with Crippen molar-refractivity contribution in [2.45, 2.75) is 58.5 Å². The number of aromatic nitrogens is 3. The molecule has 258 valence electrons. The van der Waals surface area contributed by atoms with Crippen molar-refractivity contribution in [1.29, 1.82) is 5.26 Å². The van der Waals surface area contributed by atoms with E-state index in [-0.39, 0.29) is 22.0 Å². The largest absolute Gasteiger partial charge is 0.416 e. The third kappa shape index (κ3) is 5.41. The zero-order valence-corrected chi connectivity index (χ0v) is 29.9. The van der Waals surface area contributed by atoms with Crippen molar-refractivity contribution in [3.63, 3.8) is 0 Å². The molecule has 0 atom stereocenters. The van der Waals surface area contributed by atoms with E-state index in [4.69, 9.17) is 4.98 Å². The van der Waals surface area contributed by atoms with Crippen LogP contribution in [0.5, 0.6) is 0 Å². The molecule has 0 bridgehead atoms. The second-order valence-electron chi connectivity index (χ2n) is 15.6. The summed E-state index contributed by atoms with van der Waals surface area (Å²) < 4.78 is 47.2. The van der Waals surface area contributed by atoms with E-state index in [1.54, 1.807) is 6.20 Å². The van der Waals surface area contributed by atoms with E-state index in [2.05, 4.69) is 99.2 Å². The van der Waals surface area contributed by atoms with E-state index in [9.17, 15) is 18.4 Å². The SMILES string of the molecule is CC(C)(C)c1ccc2c(c1)c1ccccc1n2-c1cc(-c2cc(C#N)cc(C(F)(F)F)c2)c(-n2c3ccccc3c3cc(C(C)(C)C)ccc32)cn1. The molecule has 3 aromatic heterocycles. The maximum Gasteiger partial charge on any atom is 0.416 e. The Kier molecular flexibility index (Phi) is 7.41. The first kappa shape index (κ1) is 33.3. The predicted molar refractivity (Wildman–Crippen MR) is 205 cm³/mol. The van der Waals surface area contributed by atoms with Crippen LogP contribution in [0.3, 0.4) is 0 Å². The Hall–Kier alpha value is -5.87. The van der Waals surface area contributed by atoms with Crippen molar-refractivity contribution in [3.8, 4) is 28.7 Å². The molecule has 5 aromatic carbocycles. The smallest absolute Gasteiger partial charge is 0.307 e. The van der Waals surface area contributed by atoms with Gasteiger partial charge in [0.2, 0.25) is 0 Å². The summed E-state index contributed by atoms with van der Waals surface area (Å²) >= 11 is 0. The average Bonchev–Trinajstić information content (AvgIpc) is 3.62. The maximum atomic E-state index is 14.4. The number of para-hydroxylation sites is 2. The molecule has 0 unspecified atom stereocenters. The Labute approximate surface area is 300 Å². The van der Waals surface area contributed by atoms with E-state index in [1.165, 1.54) is 17.2 Å². The van der Waals surface area contributed by atoms with Crippen LogP contribution in [-0.2, 0) is 17.0 Å². The van der Waals surface area contributed by atoms with Gasteiger partial charge in [-0.15, -0.1) is 0 Å². The number of nitrogens with zero attached hydrogens (tertiary/aromatic N) is 4. The minimum absolute atomic E-state index is 0.0671. The molecule has 0 amide bonds. The van der Waals surface area contributed by atoms with Crippen molar-refractivity contribution in [2.75, 3.05) is 0 Å². The highest BCUT2D eigenvalue weighted by molar-refractivity contribution is 6.11. The fourth-order valence-electron chi connectivity index (χ4n) is 7.37. The van der Waals surface area contributed by atoms with Crippen LogP contribution >= 0.6 is 0 Å². The van der Waals surface area contributed by atoms with Crippen molar-refractivity contribution in [3.05, 3.63) is 138 Å². The number of fused-ring (bicyclic) bond motifs is 6. The Bertz CT molecular complexity index is 2760. The first-order chi connectivity index (χ1) is 24.6. The molecule has 8 rings (SSSR count). The topological polar surface area (TPSA) is 46.5 Å². The summed E-state index contributed by atoms with van der Waals surface area (Å²) in [5.74, 6) is 0.556. The molecule has 8 aromatic rings. The highest BCUT2D eigenvalue weighted by Gasteiger charge is 2.32. The quantitative estimate of drug-likeness (QED) is 0.185. The van der Waals surface area contributed by atoms with Gasteiger partial charge in [0.05, 0.1) is 51.1 Å². The van der Waals surface area contributed by atoms with Crippen LogP contribution in [-0.4, -0.2) is 14.1 Å². The molecule has 0 fully saturated rings. The van der Waals surface area contributed by atoms with Gasteiger partial charge < -0.3 is 4.57 Å². The van der Waals surface area contributed by atoms with E-state index in [0.717, 1.165) is 55.7 Å². The zero-order valence-electron chi connectivity index (χ0n) is 29.9. The summed E-state index contributed by atoms with van der Waals surface area (Å²) in [7, 11) is 0. The van der Waals surface area contributed by atoms with Gasteiger partial charge >= 0.3 is 6.18 Å². The molecule has 4 nitrogen and oxygen atoms in total. The summed E-state index contributed by atoms with van der Waals surface area (Å²) in [5.41, 5.74) is 6.35. The zero-order chi connectivity index (χ0) is 36.7. The number of alkyl halides is 3. The molecular weight excluding hydrogens is 654 g/mol. The molecule has 0 aliphatic carbocycles. The third-order valence-corrected chi connectivity index (χ3v) is 10.1. The Morgan fingerprint density at radius 2 is 1.08 bits per heavy atom. The van der Waals surface area contributed by atoms with Crippen molar-refractivity contribution < 1.29 is 13.2 Å². The minimum Gasteiger partial charge on any atom is -0.307 e. The Balaban J connectivity index is 1.48. The molecule has 3 heterocycles. The summed E-state index contributed by atoms with van der Waals surface area (Å²) in [4.78, 5) is 5.07. The first-order valence-corrected chi connectivity index (χ1v) is 17.3. The molecule has 0 aliphatic rings. The third-order valence-electron chi connectivity index (χ3n) is 10.1. The Morgan fingerprint density at radius 1 is 0.558 bits per heavy atom. The minimum atomic E-state index is -4.65. The molecule has 0 spiro atoms. The van der Waals surface area contributed by atoms with Gasteiger partial charge in [-0.1, -0.05) is 90.1 Å². The number of hydrogen-bond donors (Lipinski definition) is 0. The standard InChI is InChI=1S/C45H37F3N4/c1-43(2,3)29-15-17-39-35(22-29)32-11-7-9-13-37(32)51(39)41-26-50-42(24-34(41)28-19-27(25-49)20-31(21-28)45(46,47)48)52-38-14-10-8-12-33(38)36-23-30(44(4,5)6)16-18-40(36)52/h7-24,26H,1-6H3. The average molecular weight is 691 g/mol. The van der Waals surface area contributed by atoms with Crippen LogP contribution in [0.25, 0.3) is 66.2 Å². The molecule has 0 N–H and O–H groups in total. The van der Waals surface area contributed by atoms with Gasteiger partial charge in [0.1, 0.15) is 5.82 Å². The van der Waals surface area contributed by atoms with Crippen LogP contribution in [0.1, 0.15) is 63.8 Å². The number of nitriles is 1. The molecule has 0 saturated carbocycles. The van der Waals surface area contributed by atoms with Crippen LogP contribution in [0, 0.1) is 11.3 Å². The second kappa shape index (κ2) is 11.6. The molecule has 0 aliphatic heterocycles. The summed E-state index contributed by atoms with van der Waals surface area (Å²) in [6.45, 7) is 13.1. The lowest BCUT2D eigenvalue weighted by atomic mass is 9.86. The molecule has 52 heavy (non-hydrogen) atoms. The van der Waals surface area contributed by atoms with Gasteiger partial charge in [0, 0.05) is 27.1 Å². The van der Waals surface area contributed by atoms with E-state index in [1.807, 2.05) is 48.5 Å². The summed E-state index contributed by atoms with van der Waals surface area (Å²) in [5, 5.41) is 14.1. The molecule has 7 heteroatoms. The fourth-order valence-corrected chi connectivity index (χ4v) is 7.37. The van der Waals surface area contributed by atoms with Crippen LogP contribution in [0.4, 0.5) is 13.2 Å². The monoisotopic (exact) mass is 690 g/mol. The van der Waals surface area contributed by atoms with Crippen LogP contribution in [0.15, 0.2) is 115 Å². The van der Waals surface area contributed by atoms with Gasteiger partial charge in [-0.2, -0.15) is 18.4 Å². The summed E-state index contributed by atoms with van der Waals surface area (Å²) in [6, 6.07) is 36.4. The van der Waals surface area contributed by atoms with Gasteiger partial charge in [0.25, 0.3) is 0 Å². The number of pyridine rings is 1. The van der Waals surface area contributed by atoms with Crippen molar-refractivity contribution in [2.24, 2.45) is 0 Å². The lowest BCUT2D eigenvalue weighted by Crippen LogP contribution is -2.10. The number of halogens is 3. The number of hydrogen-bond acceptors (Lipinski definition) is 2. The van der Waals surface area contributed by atoms with E-state index < -0.39 is 11.7 Å². The van der Waals surface area contributed by atoms with Crippen LogP contribution in [0.2, 0.25) is 0 Å². The second-order valence-corrected chi connectivity index (χ2v) is 15.6. The highest BCUT2D eigenvalue weighted by atomic mass is 19.4. The van der Waals surface area contributed by atoms with Crippen LogP contribution < -0.4 is 0 Å². The number of rotatable bonds is 3. The summed E-state index contributed by atoms with van der Waals surface area (Å²) in [6.07, 6.45) is -2.89. The maximum absolute atomic E-state index is 14.4. The van der Waals surface area contributed by atoms with E-state index >= 15 is 0 Å². The molecule has 0 saturated heterocycles. The van der Waals surface area contributed by atoms with Crippen molar-refractivity contribution in [1.82, 2.24) is 14.1 Å². The van der Waals surface area contributed by atoms with E-state index in [0.29, 0.717) is 17.1 Å². The number of benzene rings is 5. The fraction of sp³-hybridized carbons (Fsp3) is 0.200. The van der Waals surface area contributed by atoms with Gasteiger partial charge in [-0.25, -0.2) is 4.98 Å². The molecular formula is C45H37F3N4. The predicted octanol–water partition coefficient (Wildman–Crippen LogP) is 12.4. The molecule has 0 radical (unpaired) electrons. The van der Waals surface area contributed by atoms with Gasteiger partial charge in [-0.3, -0.25) is 4.57 Å². The highest BCUT2D eigenvalue weighted by Crippen LogP contribution is 2.42. The van der Waals surface area contributed by atoms with Gasteiger partial charge in [0.15, 0.2) is 0 Å². The lowest BCUT2D eigenvalue weighted by molar-refractivity contribution is -0.137. The normalized spacial score (nSPS) is 12.7. The van der Waals surface area contributed by atoms with Crippen molar-refractivity contribution >= 4 is 43.6 Å².